The van der Waals surface area contributed by atoms with Gasteiger partial charge in [0.05, 0.1) is 18.5 Å². The molecule has 0 aliphatic carbocycles. The van der Waals surface area contributed by atoms with Crippen LogP contribution in [-0.2, 0) is 20.5 Å². The van der Waals surface area contributed by atoms with E-state index in [2.05, 4.69) is 0 Å². The summed E-state index contributed by atoms with van der Waals surface area (Å²) in [5, 5.41) is 0.475. The van der Waals surface area contributed by atoms with Gasteiger partial charge in [-0.15, -0.1) is 0 Å². The van der Waals surface area contributed by atoms with Crippen LogP contribution in [0.1, 0.15) is 12.0 Å². The number of morpholine rings is 1. The molecule has 1 aromatic rings. The molecule has 5 nitrogen and oxygen atoms in total. The standard InChI is InChI=1S/C13H19ClN2O3S/c14-13-4-2-1-3-11(13)10-20(17,18)16-7-8-19-12(9-16)5-6-15/h1-4,12H,5-10,15H2/t12-/m1/s1. The van der Waals surface area contributed by atoms with E-state index in [9.17, 15) is 8.42 Å². The van der Waals surface area contributed by atoms with Gasteiger partial charge in [0.15, 0.2) is 0 Å². The minimum absolute atomic E-state index is 0.0813. The monoisotopic (exact) mass is 318 g/mol. The number of hydrogen-bond acceptors (Lipinski definition) is 4. The average molecular weight is 319 g/mol. The minimum atomic E-state index is -3.38. The Bertz CT molecular complexity index is 548. The predicted molar refractivity (Wildman–Crippen MR) is 79.1 cm³/mol. The van der Waals surface area contributed by atoms with E-state index in [0.29, 0.717) is 43.2 Å². The van der Waals surface area contributed by atoms with E-state index in [0.717, 1.165) is 0 Å². The molecule has 2 N–H and O–H groups in total. The number of rotatable bonds is 5. The summed E-state index contributed by atoms with van der Waals surface area (Å²) in [5.74, 6) is -0.0813. The summed E-state index contributed by atoms with van der Waals surface area (Å²) in [6.45, 7) is 1.65. The highest BCUT2D eigenvalue weighted by Gasteiger charge is 2.29. The van der Waals surface area contributed by atoms with Gasteiger partial charge in [0.25, 0.3) is 0 Å². The van der Waals surface area contributed by atoms with Crippen LogP contribution in [0.4, 0.5) is 0 Å². The molecule has 7 heteroatoms. The Morgan fingerprint density at radius 1 is 1.40 bits per heavy atom. The van der Waals surface area contributed by atoms with Crippen LogP contribution >= 0.6 is 11.6 Å². The van der Waals surface area contributed by atoms with Crippen LogP contribution in [0.2, 0.25) is 5.02 Å². The third kappa shape index (κ3) is 3.93. The number of nitrogens with zero attached hydrogens (tertiary/aromatic N) is 1. The second kappa shape index (κ2) is 6.87. The molecule has 0 aromatic heterocycles. The Balaban J connectivity index is 2.08. The van der Waals surface area contributed by atoms with E-state index in [1.54, 1.807) is 24.3 Å². The molecule has 0 saturated carbocycles. The van der Waals surface area contributed by atoms with E-state index >= 15 is 0 Å². The lowest BCUT2D eigenvalue weighted by Crippen LogP contribution is -2.46. The molecule has 0 amide bonds. The van der Waals surface area contributed by atoms with Gasteiger partial charge in [0.2, 0.25) is 10.0 Å². The molecule has 1 aromatic carbocycles. The van der Waals surface area contributed by atoms with Gasteiger partial charge in [-0.1, -0.05) is 29.8 Å². The number of sulfonamides is 1. The van der Waals surface area contributed by atoms with Crippen molar-refractivity contribution in [3.63, 3.8) is 0 Å². The molecule has 112 valence electrons. The maximum Gasteiger partial charge on any atom is 0.218 e. The third-order valence-electron chi connectivity index (χ3n) is 3.28. The molecule has 0 bridgehead atoms. The van der Waals surface area contributed by atoms with Gasteiger partial charge in [-0.3, -0.25) is 0 Å². The number of nitrogens with two attached hydrogens (primary N) is 1. The van der Waals surface area contributed by atoms with E-state index < -0.39 is 10.0 Å². The predicted octanol–water partition coefficient (Wildman–Crippen LogP) is 1.22. The first-order valence-electron chi connectivity index (χ1n) is 6.56. The fraction of sp³-hybridized carbons (Fsp3) is 0.538. The van der Waals surface area contributed by atoms with Gasteiger partial charge in [0.1, 0.15) is 0 Å². The summed E-state index contributed by atoms with van der Waals surface area (Å²) in [6, 6.07) is 7.00. The summed E-state index contributed by atoms with van der Waals surface area (Å²) in [4.78, 5) is 0. The zero-order valence-electron chi connectivity index (χ0n) is 11.2. The van der Waals surface area contributed by atoms with Crippen LogP contribution < -0.4 is 5.73 Å². The second-order valence-electron chi connectivity index (χ2n) is 4.78. The van der Waals surface area contributed by atoms with Crippen molar-refractivity contribution in [2.45, 2.75) is 18.3 Å². The fourth-order valence-corrected chi connectivity index (χ4v) is 4.06. The van der Waals surface area contributed by atoms with Crippen molar-refractivity contribution in [2.75, 3.05) is 26.2 Å². The molecule has 0 spiro atoms. The Morgan fingerprint density at radius 2 is 2.15 bits per heavy atom. The fourth-order valence-electron chi connectivity index (χ4n) is 2.21. The third-order valence-corrected chi connectivity index (χ3v) is 5.44. The van der Waals surface area contributed by atoms with Crippen molar-refractivity contribution in [1.82, 2.24) is 4.31 Å². The molecule has 1 saturated heterocycles. The lowest BCUT2D eigenvalue weighted by molar-refractivity contribution is -0.00410. The van der Waals surface area contributed by atoms with Crippen molar-refractivity contribution in [2.24, 2.45) is 5.73 Å². The van der Waals surface area contributed by atoms with E-state index in [1.165, 1.54) is 4.31 Å². The van der Waals surface area contributed by atoms with Crippen molar-refractivity contribution in [3.8, 4) is 0 Å². The highest BCUT2D eigenvalue weighted by atomic mass is 35.5. The summed E-state index contributed by atoms with van der Waals surface area (Å²) in [7, 11) is -3.38. The minimum Gasteiger partial charge on any atom is -0.375 e. The number of ether oxygens (including phenoxy) is 1. The molecule has 1 aliphatic rings. The lowest BCUT2D eigenvalue weighted by atomic mass is 10.2. The van der Waals surface area contributed by atoms with Gasteiger partial charge >= 0.3 is 0 Å². The van der Waals surface area contributed by atoms with Crippen LogP contribution in [0, 0.1) is 0 Å². The maximum atomic E-state index is 12.4. The number of halogens is 1. The van der Waals surface area contributed by atoms with Crippen molar-refractivity contribution >= 4 is 21.6 Å². The van der Waals surface area contributed by atoms with Crippen LogP contribution in [0.15, 0.2) is 24.3 Å². The first-order valence-corrected chi connectivity index (χ1v) is 8.54. The summed E-state index contributed by atoms with van der Waals surface area (Å²) in [5.41, 5.74) is 6.11. The molecular formula is C13H19ClN2O3S. The Kier molecular flexibility index (Phi) is 5.40. The Morgan fingerprint density at radius 3 is 2.85 bits per heavy atom. The van der Waals surface area contributed by atoms with Gasteiger partial charge in [-0.05, 0) is 24.6 Å². The molecule has 20 heavy (non-hydrogen) atoms. The molecule has 0 unspecified atom stereocenters. The van der Waals surface area contributed by atoms with Gasteiger partial charge in [-0.25, -0.2) is 8.42 Å². The highest BCUT2D eigenvalue weighted by Crippen LogP contribution is 2.21. The Hall–Kier alpha value is -0.660. The van der Waals surface area contributed by atoms with Gasteiger partial charge in [0, 0.05) is 18.1 Å². The zero-order valence-corrected chi connectivity index (χ0v) is 12.7. The van der Waals surface area contributed by atoms with Crippen molar-refractivity contribution < 1.29 is 13.2 Å². The van der Waals surface area contributed by atoms with E-state index in [-0.39, 0.29) is 11.9 Å². The van der Waals surface area contributed by atoms with Crippen LogP contribution in [0.3, 0.4) is 0 Å². The molecule has 1 heterocycles. The smallest absolute Gasteiger partial charge is 0.218 e. The molecule has 1 aliphatic heterocycles. The van der Waals surface area contributed by atoms with E-state index in [1.807, 2.05) is 0 Å². The topological polar surface area (TPSA) is 72.6 Å². The molecular weight excluding hydrogens is 300 g/mol. The summed E-state index contributed by atoms with van der Waals surface area (Å²) in [6.07, 6.45) is 0.549. The quantitative estimate of drug-likeness (QED) is 0.886. The van der Waals surface area contributed by atoms with Crippen LogP contribution in [0.5, 0.6) is 0 Å². The zero-order chi connectivity index (χ0) is 14.6. The van der Waals surface area contributed by atoms with Gasteiger partial charge in [-0.2, -0.15) is 4.31 Å². The van der Waals surface area contributed by atoms with Crippen molar-refractivity contribution in [1.29, 1.82) is 0 Å². The summed E-state index contributed by atoms with van der Waals surface area (Å²) < 4.78 is 31.9. The lowest BCUT2D eigenvalue weighted by Gasteiger charge is -2.32. The number of benzene rings is 1. The Labute approximate surface area is 124 Å². The van der Waals surface area contributed by atoms with Crippen molar-refractivity contribution in [3.05, 3.63) is 34.9 Å². The summed E-state index contributed by atoms with van der Waals surface area (Å²) >= 11 is 6.02. The average Bonchev–Trinajstić information content (AvgIpc) is 2.42. The molecule has 1 fully saturated rings. The number of hydrogen-bond donors (Lipinski definition) is 1. The SMILES string of the molecule is NCC[C@@H]1CN(S(=O)(=O)Cc2ccccc2Cl)CCO1. The molecule has 1 atom stereocenters. The maximum absolute atomic E-state index is 12.4. The molecule has 2 rings (SSSR count). The van der Waals surface area contributed by atoms with Gasteiger partial charge < -0.3 is 10.5 Å². The largest absolute Gasteiger partial charge is 0.375 e. The second-order valence-corrected chi connectivity index (χ2v) is 7.15. The molecule has 0 radical (unpaired) electrons. The first kappa shape index (κ1) is 15.7. The van der Waals surface area contributed by atoms with E-state index in [4.69, 9.17) is 22.1 Å². The first-order chi connectivity index (χ1) is 9.53. The highest BCUT2D eigenvalue weighted by molar-refractivity contribution is 7.88. The normalized spacial score (nSPS) is 21.0. The van der Waals surface area contributed by atoms with Crippen LogP contribution in [0.25, 0.3) is 0 Å². The van der Waals surface area contributed by atoms with Crippen LogP contribution in [-0.4, -0.2) is 45.1 Å².